The number of hydrogen-bond acceptors (Lipinski definition) is 6. The fourth-order valence-electron chi connectivity index (χ4n) is 3.68. The molecule has 0 saturated carbocycles. The van der Waals surface area contributed by atoms with Crippen LogP contribution < -0.4 is 21.1 Å². The van der Waals surface area contributed by atoms with E-state index >= 15 is 0 Å². The van der Waals surface area contributed by atoms with Gasteiger partial charge in [-0.15, -0.1) is 11.8 Å². The van der Waals surface area contributed by atoms with Crippen molar-refractivity contribution in [3.05, 3.63) is 126 Å². The third kappa shape index (κ3) is 8.90. The van der Waals surface area contributed by atoms with Crippen LogP contribution in [-0.4, -0.2) is 31.9 Å². The van der Waals surface area contributed by atoms with Gasteiger partial charge in [-0.1, -0.05) is 48.0 Å². The third-order valence-corrected chi connectivity index (χ3v) is 7.81. The Bertz CT molecular complexity index is 1700. The van der Waals surface area contributed by atoms with Crippen LogP contribution in [0.1, 0.15) is 21.5 Å². The van der Waals surface area contributed by atoms with E-state index in [1.165, 1.54) is 36.0 Å². The lowest BCUT2D eigenvalue weighted by Gasteiger charge is -2.12. The molecule has 0 aliphatic heterocycles. The highest BCUT2D eigenvalue weighted by atomic mass is 32.2. The van der Waals surface area contributed by atoms with Gasteiger partial charge in [0.1, 0.15) is 5.70 Å². The lowest BCUT2D eigenvalue weighted by atomic mass is 10.1. The van der Waals surface area contributed by atoms with Crippen LogP contribution in [0.2, 0.25) is 0 Å². The molecule has 0 saturated heterocycles. The first-order chi connectivity index (χ1) is 20.1. The van der Waals surface area contributed by atoms with Crippen LogP contribution in [0.25, 0.3) is 6.08 Å². The fourth-order valence-corrected chi connectivity index (χ4v) is 4.89. The minimum absolute atomic E-state index is 0.0432. The predicted octanol–water partition coefficient (Wildman–Crippen LogP) is 4.78. The van der Waals surface area contributed by atoms with Gasteiger partial charge in [0.15, 0.2) is 0 Å². The van der Waals surface area contributed by atoms with E-state index in [0.717, 1.165) is 16.0 Å². The van der Waals surface area contributed by atoms with Crippen LogP contribution in [0.3, 0.4) is 0 Å². The number of carbonyl (C=O) groups excluding carboxylic acids is 3. The zero-order valence-electron chi connectivity index (χ0n) is 22.5. The molecule has 0 radical (unpaired) electrons. The first-order valence-corrected chi connectivity index (χ1v) is 15.2. The van der Waals surface area contributed by atoms with Gasteiger partial charge in [0.25, 0.3) is 11.8 Å². The highest BCUT2D eigenvalue weighted by molar-refractivity contribution is 8.00. The molecule has 4 rings (SSSR count). The maximum absolute atomic E-state index is 13.2. The van der Waals surface area contributed by atoms with Crippen molar-refractivity contribution in [2.75, 3.05) is 16.4 Å². The molecule has 0 aliphatic rings. The van der Waals surface area contributed by atoms with Crippen molar-refractivity contribution in [3.63, 3.8) is 0 Å². The van der Waals surface area contributed by atoms with Gasteiger partial charge in [-0.2, -0.15) is 0 Å². The quantitative estimate of drug-likeness (QED) is 0.152. The largest absolute Gasteiger partial charge is 0.325 e. The van der Waals surface area contributed by atoms with Crippen molar-refractivity contribution in [2.45, 2.75) is 16.7 Å². The molecule has 11 heteroatoms. The Morgan fingerprint density at radius 1 is 0.786 bits per heavy atom. The Morgan fingerprint density at radius 3 is 2.00 bits per heavy atom. The molecule has 42 heavy (non-hydrogen) atoms. The molecule has 0 fully saturated rings. The number of nitrogens with two attached hydrogens (primary N) is 1. The van der Waals surface area contributed by atoms with E-state index in [2.05, 4.69) is 16.0 Å². The summed E-state index contributed by atoms with van der Waals surface area (Å²) >= 11 is 1.29. The van der Waals surface area contributed by atoms with Crippen molar-refractivity contribution in [2.24, 2.45) is 5.14 Å². The highest BCUT2D eigenvalue weighted by Crippen LogP contribution is 2.22. The Labute approximate surface area is 248 Å². The highest BCUT2D eigenvalue weighted by Gasteiger charge is 2.15. The second kappa shape index (κ2) is 13.8. The summed E-state index contributed by atoms with van der Waals surface area (Å²) < 4.78 is 22.7. The first-order valence-electron chi connectivity index (χ1n) is 12.7. The van der Waals surface area contributed by atoms with Gasteiger partial charge < -0.3 is 16.0 Å². The van der Waals surface area contributed by atoms with Crippen LogP contribution in [0, 0.1) is 6.92 Å². The average Bonchev–Trinajstić information content (AvgIpc) is 2.98. The van der Waals surface area contributed by atoms with Gasteiger partial charge in [-0.25, -0.2) is 13.6 Å². The van der Waals surface area contributed by atoms with Crippen LogP contribution in [0.15, 0.2) is 119 Å². The van der Waals surface area contributed by atoms with Crippen LogP contribution >= 0.6 is 11.8 Å². The molecule has 0 bridgehead atoms. The molecule has 0 spiro atoms. The number of benzene rings is 4. The van der Waals surface area contributed by atoms with Crippen molar-refractivity contribution < 1.29 is 22.8 Å². The molecule has 5 N–H and O–H groups in total. The van der Waals surface area contributed by atoms with Gasteiger partial charge in [0, 0.05) is 21.8 Å². The van der Waals surface area contributed by atoms with Gasteiger partial charge >= 0.3 is 0 Å². The Kier molecular flexibility index (Phi) is 9.92. The molecule has 0 unspecified atom stereocenters. The van der Waals surface area contributed by atoms with Crippen LogP contribution in [0.4, 0.5) is 11.4 Å². The molecule has 3 amide bonds. The van der Waals surface area contributed by atoms with E-state index in [0.29, 0.717) is 16.9 Å². The standard InChI is InChI=1S/C31H28N4O5S2/c1-21-7-9-22(10-8-21)19-28(35-30(37)23-5-3-2-4-6-23)31(38)34-25-11-15-26(16-12-25)41-20-29(36)33-24-13-17-27(18-14-24)42(32,39)40/h2-19H,20H2,1H3,(H,33,36)(H,34,38)(H,35,37)(H2,32,39,40)/b28-19-. The van der Waals surface area contributed by atoms with Crippen molar-refractivity contribution in [3.8, 4) is 0 Å². The third-order valence-electron chi connectivity index (χ3n) is 5.87. The van der Waals surface area contributed by atoms with E-state index in [4.69, 9.17) is 5.14 Å². The number of hydrogen-bond donors (Lipinski definition) is 4. The summed E-state index contributed by atoms with van der Waals surface area (Å²) in [7, 11) is -3.81. The first kappa shape index (κ1) is 30.3. The molecule has 4 aromatic carbocycles. The van der Waals surface area contributed by atoms with Crippen LogP contribution in [-0.2, 0) is 19.6 Å². The molecule has 9 nitrogen and oxygen atoms in total. The number of anilines is 2. The van der Waals surface area contributed by atoms with Crippen molar-refractivity contribution in [1.82, 2.24) is 5.32 Å². The van der Waals surface area contributed by atoms with Gasteiger partial charge in [0.05, 0.1) is 10.6 Å². The summed E-state index contributed by atoms with van der Waals surface area (Å²) in [4.78, 5) is 39.1. The maximum atomic E-state index is 13.2. The molecule has 0 aromatic heterocycles. The second-order valence-electron chi connectivity index (χ2n) is 9.17. The Hall–Kier alpha value is -4.71. The normalized spacial score (nSPS) is 11.4. The molecule has 0 aliphatic carbocycles. The number of carbonyl (C=O) groups is 3. The fraction of sp³-hybridized carbons (Fsp3) is 0.0645. The van der Waals surface area contributed by atoms with Crippen LogP contribution in [0.5, 0.6) is 0 Å². The van der Waals surface area contributed by atoms with E-state index in [1.807, 2.05) is 31.2 Å². The topological polar surface area (TPSA) is 147 Å². The summed E-state index contributed by atoms with van der Waals surface area (Å²) in [5.74, 6) is -1.07. The number of amides is 3. The monoisotopic (exact) mass is 600 g/mol. The average molecular weight is 601 g/mol. The lowest BCUT2D eigenvalue weighted by Crippen LogP contribution is -2.30. The number of primary sulfonamides is 1. The SMILES string of the molecule is Cc1ccc(/C=C(\NC(=O)c2ccccc2)C(=O)Nc2ccc(SCC(=O)Nc3ccc(S(N)(=O)=O)cc3)cc2)cc1. The van der Waals surface area contributed by atoms with E-state index in [9.17, 15) is 22.8 Å². The molecular weight excluding hydrogens is 572 g/mol. The molecule has 4 aromatic rings. The Balaban J connectivity index is 1.37. The summed E-state index contributed by atoms with van der Waals surface area (Å²) in [5.41, 5.74) is 3.28. The number of thioether (sulfide) groups is 1. The predicted molar refractivity (Wildman–Crippen MR) is 165 cm³/mol. The zero-order chi connectivity index (χ0) is 30.1. The van der Waals surface area contributed by atoms with Gasteiger partial charge in [-0.3, -0.25) is 14.4 Å². The minimum atomic E-state index is -3.81. The molecule has 0 heterocycles. The summed E-state index contributed by atoms with van der Waals surface area (Å²) in [6.07, 6.45) is 1.61. The number of nitrogens with one attached hydrogen (secondary N) is 3. The zero-order valence-corrected chi connectivity index (χ0v) is 24.2. The number of sulfonamides is 1. The van der Waals surface area contributed by atoms with E-state index in [1.54, 1.807) is 60.7 Å². The Morgan fingerprint density at radius 2 is 1.38 bits per heavy atom. The van der Waals surface area contributed by atoms with Gasteiger partial charge in [0.2, 0.25) is 15.9 Å². The molecular formula is C31H28N4O5S2. The smallest absolute Gasteiger partial charge is 0.272 e. The van der Waals surface area contributed by atoms with Crippen molar-refractivity contribution in [1.29, 1.82) is 0 Å². The summed E-state index contributed by atoms with van der Waals surface area (Å²) in [6, 6.07) is 28.7. The minimum Gasteiger partial charge on any atom is -0.325 e. The number of aryl methyl sites for hydroxylation is 1. The number of rotatable bonds is 10. The lowest BCUT2D eigenvalue weighted by molar-refractivity contribution is -0.114. The van der Waals surface area contributed by atoms with E-state index in [-0.39, 0.29) is 22.3 Å². The summed E-state index contributed by atoms with van der Waals surface area (Å²) in [5, 5.41) is 13.3. The van der Waals surface area contributed by atoms with Crippen molar-refractivity contribution >= 4 is 57.0 Å². The molecule has 0 atom stereocenters. The maximum Gasteiger partial charge on any atom is 0.272 e. The summed E-state index contributed by atoms with van der Waals surface area (Å²) in [6.45, 7) is 1.96. The van der Waals surface area contributed by atoms with E-state index < -0.39 is 21.8 Å². The second-order valence-corrected chi connectivity index (χ2v) is 11.8. The molecule has 214 valence electrons. The van der Waals surface area contributed by atoms with Gasteiger partial charge in [-0.05, 0) is 79.2 Å².